The number of nitrogens with zero attached hydrogens (tertiary/aromatic N) is 3. The van der Waals surface area contributed by atoms with E-state index in [0.29, 0.717) is 11.9 Å². The molecule has 6 heteroatoms. The van der Waals surface area contributed by atoms with Crippen molar-refractivity contribution in [2.24, 2.45) is 0 Å². The summed E-state index contributed by atoms with van der Waals surface area (Å²) in [4.78, 5) is 4.26. The van der Waals surface area contributed by atoms with E-state index in [1.54, 1.807) is 16.9 Å². The van der Waals surface area contributed by atoms with Crippen LogP contribution in [0.5, 0.6) is 0 Å². The molecule has 0 amide bonds. The number of fused-ring (bicyclic) bond motifs is 1. The maximum absolute atomic E-state index is 5.88. The standard InChI is InChI=1S/C12H18ClN3OSi/c1-18(2,3)7-6-17-9-16-12-10(8-14-16)4-5-11(13)15-12/h4-5,8H,6-7,9H2,1-3H3. The Bertz CT molecular complexity index is 536. The molecule has 0 aliphatic rings. The maximum atomic E-state index is 5.88. The van der Waals surface area contributed by atoms with Crippen LogP contribution in [0, 0.1) is 0 Å². The van der Waals surface area contributed by atoms with Crippen LogP contribution in [0.1, 0.15) is 0 Å². The number of pyridine rings is 1. The monoisotopic (exact) mass is 283 g/mol. The first-order valence-corrected chi connectivity index (χ1v) is 10.1. The van der Waals surface area contributed by atoms with Crippen LogP contribution in [0.2, 0.25) is 30.8 Å². The summed E-state index contributed by atoms with van der Waals surface area (Å²) in [6.45, 7) is 8.21. The molecule has 2 aromatic heterocycles. The maximum Gasteiger partial charge on any atom is 0.161 e. The van der Waals surface area contributed by atoms with Crippen LogP contribution >= 0.6 is 11.6 Å². The van der Waals surface area contributed by atoms with Gasteiger partial charge in [0, 0.05) is 20.1 Å². The van der Waals surface area contributed by atoms with Crippen LogP contribution in [-0.4, -0.2) is 29.4 Å². The summed E-state index contributed by atoms with van der Waals surface area (Å²) < 4.78 is 7.40. The number of ether oxygens (including phenoxy) is 1. The van der Waals surface area contributed by atoms with Gasteiger partial charge in [0.2, 0.25) is 0 Å². The summed E-state index contributed by atoms with van der Waals surface area (Å²) in [5.41, 5.74) is 0.774. The molecule has 0 N–H and O–H groups in total. The van der Waals surface area contributed by atoms with Gasteiger partial charge in [0.25, 0.3) is 0 Å². The zero-order chi connectivity index (χ0) is 13.2. The van der Waals surface area contributed by atoms with Gasteiger partial charge in [-0.25, -0.2) is 9.67 Å². The minimum atomic E-state index is -1.03. The van der Waals surface area contributed by atoms with E-state index in [4.69, 9.17) is 16.3 Å². The molecule has 0 saturated carbocycles. The molecule has 0 aromatic carbocycles. The predicted octanol–water partition coefficient (Wildman–Crippen LogP) is 3.40. The molecular weight excluding hydrogens is 266 g/mol. The van der Waals surface area contributed by atoms with Gasteiger partial charge in [-0.3, -0.25) is 0 Å². The van der Waals surface area contributed by atoms with Gasteiger partial charge in [0.1, 0.15) is 11.9 Å². The second kappa shape index (κ2) is 5.38. The van der Waals surface area contributed by atoms with Crippen LogP contribution in [0.3, 0.4) is 0 Å². The molecule has 0 spiro atoms. The van der Waals surface area contributed by atoms with E-state index >= 15 is 0 Å². The highest BCUT2D eigenvalue weighted by Gasteiger charge is 2.12. The third-order valence-electron chi connectivity index (χ3n) is 2.66. The van der Waals surface area contributed by atoms with E-state index in [9.17, 15) is 0 Å². The Morgan fingerprint density at radius 2 is 2.11 bits per heavy atom. The molecule has 2 aromatic rings. The van der Waals surface area contributed by atoms with Crippen molar-refractivity contribution in [3.8, 4) is 0 Å². The largest absolute Gasteiger partial charge is 0.359 e. The lowest BCUT2D eigenvalue weighted by atomic mass is 10.4. The molecule has 2 heterocycles. The van der Waals surface area contributed by atoms with Crippen molar-refractivity contribution < 1.29 is 4.74 Å². The molecular formula is C12H18ClN3OSi. The molecule has 2 rings (SSSR count). The highest BCUT2D eigenvalue weighted by molar-refractivity contribution is 6.76. The molecule has 0 fully saturated rings. The second-order valence-electron chi connectivity index (χ2n) is 5.54. The SMILES string of the molecule is C[Si](C)(C)CCOCn1ncc2ccc(Cl)nc21. The van der Waals surface area contributed by atoms with Gasteiger partial charge >= 0.3 is 0 Å². The Morgan fingerprint density at radius 3 is 2.83 bits per heavy atom. The highest BCUT2D eigenvalue weighted by atomic mass is 35.5. The number of hydrogen-bond acceptors (Lipinski definition) is 3. The zero-order valence-electron chi connectivity index (χ0n) is 11.0. The first kappa shape index (κ1) is 13.5. The fourth-order valence-corrected chi connectivity index (χ4v) is 2.45. The third-order valence-corrected chi connectivity index (χ3v) is 4.58. The van der Waals surface area contributed by atoms with Gasteiger partial charge in [-0.1, -0.05) is 31.2 Å². The molecule has 98 valence electrons. The van der Waals surface area contributed by atoms with Gasteiger partial charge in [-0.15, -0.1) is 0 Å². The molecule has 0 atom stereocenters. The molecule has 0 aliphatic carbocycles. The number of hydrogen-bond donors (Lipinski definition) is 0. The lowest BCUT2D eigenvalue weighted by molar-refractivity contribution is 0.0813. The Morgan fingerprint density at radius 1 is 1.33 bits per heavy atom. The fraction of sp³-hybridized carbons (Fsp3) is 0.500. The van der Waals surface area contributed by atoms with E-state index in [2.05, 4.69) is 29.7 Å². The van der Waals surface area contributed by atoms with Crippen molar-refractivity contribution in [2.75, 3.05) is 6.61 Å². The number of rotatable bonds is 5. The summed E-state index contributed by atoms with van der Waals surface area (Å²) in [5, 5.41) is 5.71. The van der Waals surface area contributed by atoms with Crippen LogP contribution in [0.15, 0.2) is 18.3 Å². The second-order valence-corrected chi connectivity index (χ2v) is 11.5. The molecule has 0 radical (unpaired) electrons. The lowest BCUT2D eigenvalue weighted by Gasteiger charge is -2.15. The smallest absolute Gasteiger partial charge is 0.161 e. The van der Waals surface area contributed by atoms with E-state index < -0.39 is 8.07 Å². The third kappa shape index (κ3) is 3.54. The van der Waals surface area contributed by atoms with Crippen molar-refractivity contribution in [1.29, 1.82) is 0 Å². The van der Waals surface area contributed by atoms with Crippen molar-refractivity contribution in [3.63, 3.8) is 0 Å². The Kier molecular flexibility index (Phi) is 4.04. The van der Waals surface area contributed by atoms with Crippen LogP contribution < -0.4 is 0 Å². The van der Waals surface area contributed by atoms with Crippen molar-refractivity contribution in [3.05, 3.63) is 23.5 Å². The number of aromatic nitrogens is 3. The van der Waals surface area contributed by atoms with Crippen LogP contribution in [0.4, 0.5) is 0 Å². The van der Waals surface area contributed by atoms with Crippen LogP contribution in [-0.2, 0) is 11.5 Å². The average molecular weight is 284 g/mol. The fourth-order valence-electron chi connectivity index (χ4n) is 1.55. The molecule has 18 heavy (non-hydrogen) atoms. The minimum absolute atomic E-state index is 0.432. The zero-order valence-corrected chi connectivity index (χ0v) is 12.7. The predicted molar refractivity (Wildman–Crippen MR) is 76.6 cm³/mol. The Hall–Kier alpha value is -0.913. The van der Waals surface area contributed by atoms with Gasteiger partial charge < -0.3 is 4.74 Å². The summed E-state index contributed by atoms with van der Waals surface area (Å²) in [6, 6.07) is 4.83. The Labute approximate surface area is 113 Å². The average Bonchev–Trinajstić information content (AvgIpc) is 2.66. The first-order chi connectivity index (χ1) is 8.46. The van der Waals surface area contributed by atoms with Gasteiger partial charge in [-0.2, -0.15) is 5.10 Å². The summed E-state index contributed by atoms with van der Waals surface area (Å²) in [6.07, 6.45) is 1.78. The molecule has 0 bridgehead atoms. The van der Waals surface area contributed by atoms with E-state index in [1.807, 2.05) is 6.07 Å². The van der Waals surface area contributed by atoms with Crippen molar-refractivity contribution >= 4 is 30.7 Å². The van der Waals surface area contributed by atoms with Gasteiger partial charge in [-0.05, 0) is 18.2 Å². The summed E-state index contributed by atoms with van der Waals surface area (Å²) >= 11 is 5.88. The van der Waals surface area contributed by atoms with E-state index in [-0.39, 0.29) is 0 Å². The van der Waals surface area contributed by atoms with Crippen LogP contribution in [0.25, 0.3) is 11.0 Å². The molecule has 0 saturated heterocycles. The minimum Gasteiger partial charge on any atom is -0.359 e. The molecule has 0 aliphatic heterocycles. The molecule has 4 nitrogen and oxygen atoms in total. The topological polar surface area (TPSA) is 39.9 Å². The number of halogens is 1. The highest BCUT2D eigenvalue weighted by Crippen LogP contribution is 2.15. The molecule has 0 unspecified atom stereocenters. The normalized spacial score (nSPS) is 12.2. The van der Waals surface area contributed by atoms with Gasteiger partial charge in [0.05, 0.1) is 6.20 Å². The van der Waals surface area contributed by atoms with Crippen molar-refractivity contribution in [1.82, 2.24) is 14.8 Å². The Balaban J connectivity index is 1.98. The summed E-state index contributed by atoms with van der Waals surface area (Å²) in [7, 11) is -1.03. The quantitative estimate of drug-likeness (QED) is 0.480. The first-order valence-electron chi connectivity index (χ1n) is 6.01. The van der Waals surface area contributed by atoms with E-state index in [1.165, 1.54) is 0 Å². The van der Waals surface area contributed by atoms with Gasteiger partial charge in [0.15, 0.2) is 5.65 Å². The van der Waals surface area contributed by atoms with E-state index in [0.717, 1.165) is 23.7 Å². The van der Waals surface area contributed by atoms with Crippen molar-refractivity contribution in [2.45, 2.75) is 32.4 Å². The summed E-state index contributed by atoms with van der Waals surface area (Å²) in [5.74, 6) is 0. The lowest BCUT2D eigenvalue weighted by Crippen LogP contribution is -2.22.